The number of amides is 2. The Morgan fingerprint density at radius 2 is 1.60 bits per heavy atom. The Labute approximate surface area is 258 Å². The van der Waals surface area contributed by atoms with Crippen molar-refractivity contribution in [3.63, 3.8) is 0 Å². The first kappa shape index (κ1) is 33.1. The van der Waals surface area contributed by atoms with Crippen molar-refractivity contribution in [2.45, 2.75) is 58.2 Å². The number of hydrogen-bond acceptors (Lipinski definition) is 5. The summed E-state index contributed by atoms with van der Waals surface area (Å²) < 4.78 is 32.7. The van der Waals surface area contributed by atoms with E-state index in [1.54, 1.807) is 36.3 Å². The minimum Gasteiger partial charge on any atom is -0.497 e. The fraction of sp³-hybridized carbons (Fsp3) is 0.375. The summed E-state index contributed by atoms with van der Waals surface area (Å²) in [5.74, 6) is 0.182. The molecule has 0 unspecified atom stereocenters. The highest BCUT2D eigenvalue weighted by atomic mass is 79.9. The van der Waals surface area contributed by atoms with Crippen LogP contribution in [0.3, 0.4) is 0 Å². The maximum atomic E-state index is 13.9. The molecule has 0 radical (unpaired) electrons. The number of hydrogen-bond donors (Lipinski definition) is 1. The third-order valence-corrected chi connectivity index (χ3v) is 8.77. The highest BCUT2D eigenvalue weighted by Gasteiger charge is 2.31. The lowest BCUT2D eigenvalue weighted by Crippen LogP contribution is -2.52. The molecule has 226 valence electrons. The van der Waals surface area contributed by atoms with Crippen LogP contribution >= 0.6 is 15.9 Å². The standard InChI is InChI=1S/C32H40BrN3O5S/c1-5-24(2)34-32(38)30(22-25-10-7-6-8-11-25)35(23-26-13-15-27(33)16-14-26)31(37)12-9-21-36(42(4,39)40)28-17-19-29(41-3)20-18-28/h6-8,10-11,13-20,24,30H,5,9,12,21-23H2,1-4H3,(H,34,38)/t24-,30+/m0/s1. The lowest BCUT2D eigenvalue weighted by Gasteiger charge is -2.32. The second-order valence-corrected chi connectivity index (χ2v) is 13.1. The van der Waals surface area contributed by atoms with E-state index in [-0.39, 0.29) is 43.8 Å². The van der Waals surface area contributed by atoms with Crippen molar-refractivity contribution in [3.05, 3.63) is 94.5 Å². The highest BCUT2D eigenvalue weighted by Crippen LogP contribution is 2.23. The first-order valence-electron chi connectivity index (χ1n) is 14.0. The van der Waals surface area contributed by atoms with E-state index in [0.29, 0.717) is 17.9 Å². The van der Waals surface area contributed by atoms with Crippen LogP contribution in [0.4, 0.5) is 5.69 Å². The van der Waals surface area contributed by atoms with Gasteiger partial charge in [-0.05, 0) is 67.3 Å². The molecule has 1 N–H and O–H groups in total. The molecule has 2 atom stereocenters. The number of rotatable bonds is 15. The molecular formula is C32H40BrN3O5S. The van der Waals surface area contributed by atoms with Crippen LogP contribution in [-0.2, 0) is 32.6 Å². The zero-order chi connectivity index (χ0) is 30.7. The van der Waals surface area contributed by atoms with E-state index in [0.717, 1.165) is 28.3 Å². The van der Waals surface area contributed by atoms with Gasteiger partial charge in [0.2, 0.25) is 21.8 Å². The molecule has 2 amide bonds. The van der Waals surface area contributed by atoms with Crippen LogP contribution in [0, 0.1) is 0 Å². The molecule has 0 aromatic heterocycles. The van der Waals surface area contributed by atoms with E-state index in [4.69, 9.17) is 4.74 Å². The Morgan fingerprint density at radius 3 is 2.17 bits per heavy atom. The minimum atomic E-state index is -3.60. The van der Waals surface area contributed by atoms with E-state index in [1.807, 2.05) is 68.4 Å². The van der Waals surface area contributed by atoms with Gasteiger partial charge in [0.05, 0.1) is 19.1 Å². The molecule has 0 aliphatic rings. The van der Waals surface area contributed by atoms with Crippen molar-refractivity contribution in [1.29, 1.82) is 0 Å². The Bertz CT molecular complexity index is 1400. The van der Waals surface area contributed by atoms with Gasteiger partial charge in [0, 0.05) is 36.4 Å². The molecule has 0 saturated carbocycles. The fourth-order valence-electron chi connectivity index (χ4n) is 4.53. The summed E-state index contributed by atoms with van der Waals surface area (Å²) in [5.41, 5.74) is 2.32. The number of ether oxygens (including phenoxy) is 1. The first-order chi connectivity index (χ1) is 20.0. The van der Waals surface area contributed by atoms with E-state index in [2.05, 4.69) is 21.2 Å². The number of nitrogens with zero attached hydrogens (tertiary/aromatic N) is 2. The highest BCUT2D eigenvalue weighted by molar-refractivity contribution is 9.10. The molecule has 0 bridgehead atoms. The number of sulfonamides is 1. The van der Waals surface area contributed by atoms with Gasteiger partial charge < -0.3 is 15.0 Å². The number of anilines is 1. The summed E-state index contributed by atoms with van der Waals surface area (Å²) in [6.07, 6.45) is 2.61. The number of carbonyl (C=O) groups is 2. The van der Waals surface area contributed by atoms with Crippen molar-refractivity contribution in [3.8, 4) is 5.75 Å². The molecule has 8 nitrogen and oxygen atoms in total. The van der Waals surface area contributed by atoms with Crippen LogP contribution in [-0.4, -0.2) is 57.1 Å². The summed E-state index contributed by atoms with van der Waals surface area (Å²) in [4.78, 5) is 29.2. The zero-order valence-electron chi connectivity index (χ0n) is 24.6. The molecule has 0 heterocycles. The minimum absolute atomic E-state index is 0.0479. The van der Waals surface area contributed by atoms with E-state index in [9.17, 15) is 18.0 Å². The smallest absolute Gasteiger partial charge is 0.243 e. The van der Waals surface area contributed by atoms with Gasteiger partial charge >= 0.3 is 0 Å². The van der Waals surface area contributed by atoms with Gasteiger partial charge in [-0.25, -0.2) is 8.42 Å². The van der Waals surface area contributed by atoms with Gasteiger partial charge in [0.1, 0.15) is 11.8 Å². The van der Waals surface area contributed by atoms with Crippen LogP contribution in [0.25, 0.3) is 0 Å². The van der Waals surface area contributed by atoms with Crippen molar-refractivity contribution in [1.82, 2.24) is 10.2 Å². The molecule has 0 saturated heterocycles. The Kier molecular flexibility index (Phi) is 12.4. The second-order valence-electron chi connectivity index (χ2n) is 10.3. The zero-order valence-corrected chi connectivity index (χ0v) is 27.0. The summed E-state index contributed by atoms with van der Waals surface area (Å²) in [7, 11) is -2.05. The third-order valence-electron chi connectivity index (χ3n) is 7.05. The summed E-state index contributed by atoms with van der Waals surface area (Å²) in [5, 5.41) is 3.07. The Balaban J connectivity index is 1.87. The molecular weight excluding hydrogens is 618 g/mol. The molecule has 0 spiro atoms. The fourth-order valence-corrected chi connectivity index (χ4v) is 5.76. The maximum Gasteiger partial charge on any atom is 0.243 e. The number of carbonyl (C=O) groups excluding carboxylic acids is 2. The van der Waals surface area contributed by atoms with Crippen molar-refractivity contribution in [2.75, 3.05) is 24.2 Å². The second kappa shape index (κ2) is 15.7. The largest absolute Gasteiger partial charge is 0.497 e. The summed E-state index contributed by atoms with van der Waals surface area (Å²) in [6.45, 7) is 4.30. The quantitative estimate of drug-likeness (QED) is 0.231. The molecule has 42 heavy (non-hydrogen) atoms. The monoisotopic (exact) mass is 657 g/mol. The third kappa shape index (κ3) is 9.87. The predicted molar refractivity (Wildman–Crippen MR) is 171 cm³/mol. The average molecular weight is 659 g/mol. The van der Waals surface area contributed by atoms with Gasteiger partial charge in [0.15, 0.2) is 0 Å². The van der Waals surface area contributed by atoms with Crippen molar-refractivity contribution in [2.24, 2.45) is 0 Å². The topological polar surface area (TPSA) is 96.0 Å². The lowest BCUT2D eigenvalue weighted by atomic mass is 10.0. The normalized spacial score (nSPS) is 12.7. The summed E-state index contributed by atoms with van der Waals surface area (Å²) >= 11 is 3.46. The molecule has 3 aromatic carbocycles. The van der Waals surface area contributed by atoms with E-state index < -0.39 is 16.1 Å². The number of nitrogens with one attached hydrogen (secondary N) is 1. The lowest BCUT2D eigenvalue weighted by molar-refractivity contribution is -0.141. The molecule has 3 rings (SSSR count). The van der Waals surface area contributed by atoms with Crippen LogP contribution < -0.4 is 14.4 Å². The summed E-state index contributed by atoms with van der Waals surface area (Å²) in [6, 6.07) is 23.3. The first-order valence-corrected chi connectivity index (χ1v) is 16.7. The number of methoxy groups -OCH3 is 1. The Hall–Kier alpha value is -3.37. The van der Waals surface area contributed by atoms with Gasteiger partial charge in [-0.15, -0.1) is 0 Å². The maximum absolute atomic E-state index is 13.9. The van der Waals surface area contributed by atoms with Crippen LogP contribution in [0.5, 0.6) is 5.75 Å². The molecule has 0 aliphatic carbocycles. The molecule has 10 heteroatoms. The van der Waals surface area contributed by atoms with Crippen LogP contribution in [0.1, 0.15) is 44.2 Å². The van der Waals surface area contributed by atoms with Crippen molar-refractivity contribution >= 4 is 43.5 Å². The molecule has 0 fully saturated rings. The Morgan fingerprint density at radius 1 is 0.952 bits per heavy atom. The van der Waals surface area contributed by atoms with Gasteiger partial charge in [0.25, 0.3) is 0 Å². The number of halogens is 1. The van der Waals surface area contributed by atoms with Crippen molar-refractivity contribution < 1.29 is 22.7 Å². The van der Waals surface area contributed by atoms with Gasteiger partial charge in [-0.3, -0.25) is 13.9 Å². The van der Waals surface area contributed by atoms with Gasteiger partial charge in [-0.2, -0.15) is 0 Å². The molecule has 0 aliphatic heterocycles. The van der Waals surface area contributed by atoms with E-state index in [1.165, 1.54) is 4.31 Å². The molecule has 3 aromatic rings. The predicted octanol–water partition coefficient (Wildman–Crippen LogP) is 5.56. The average Bonchev–Trinajstić information content (AvgIpc) is 2.97. The van der Waals surface area contributed by atoms with Crippen LogP contribution in [0.15, 0.2) is 83.3 Å². The van der Waals surface area contributed by atoms with Crippen LogP contribution in [0.2, 0.25) is 0 Å². The van der Waals surface area contributed by atoms with E-state index >= 15 is 0 Å². The van der Waals surface area contributed by atoms with Gasteiger partial charge in [-0.1, -0.05) is 65.3 Å². The number of benzene rings is 3. The SMILES string of the molecule is CC[C@H](C)NC(=O)[C@@H](Cc1ccccc1)N(Cc1ccc(Br)cc1)C(=O)CCCN(c1ccc(OC)cc1)S(C)(=O)=O.